The summed E-state index contributed by atoms with van der Waals surface area (Å²) in [4.78, 5) is 2.57. The summed E-state index contributed by atoms with van der Waals surface area (Å²) in [5.41, 5.74) is 6.07. The number of aromatic nitrogens is 2. The Balaban J connectivity index is 1.25. The molecule has 4 rings (SSSR count). The molecule has 7 nitrogen and oxygen atoms in total. The molecule has 3 aromatic rings. The van der Waals surface area contributed by atoms with E-state index in [0.29, 0.717) is 0 Å². The number of nitrogens with one attached hydrogen (secondary N) is 5. The summed E-state index contributed by atoms with van der Waals surface area (Å²) in [5.74, 6) is 0.868. The van der Waals surface area contributed by atoms with Gasteiger partial charge in [0.25, 0.3) is 0 Å². The minimum atomic E-state index is 0.757. The Hall–Kier alpha value is -2.71. The van der Waals surface area contributed by atoms with Crippen LogP contribution in [-0.4, -0.2) is 67.5 Å². The highest BCUT2D eigenvalue weighted by molar-refractivity contribution is 5.63. The van der Waals surface area contributed by atoms with Gasteiger partial charge in [0.05, 0.1) is 5.69 Å². The second kappa shape index (κ2) is 14.0. The van der Waals surface area contributed by atoms with Crippen molar-refractivity contribution in [3.8, 4) is 11.3 Å². The van der Waals surface area contributed by atoms with E-state index in [9.17, 15) is 0 Å². The average Bonchev–Trinajstić information content (AvgIpc) is 3.35. The summed E-state index contributed by atoms with van der Waals surface area (Å²) in [6.07, 6.45) is 2.36. The number of aromatic amines is 1. The van der Waals surface area contributed by atoms with Gasteiger partial charge in [-0.1, -0.05) is 54.1 Å². The zero-order chi connectivity index (χ0) is 24.1. The standard InChI is InChI=1S/C28H41N7/c1-23-4-10-26(11-5-23)27-20-28(34-33-27)32-21-24-6-8-25(9-7-24)22-35-18-3-14-30-16-15-29-12-2-13-31-17-19-35/h4-11,20,29-31H,2-3,12-19,21-22H2,1H3,(H2,32,33,34). The van der Waals surface area contributed by atoms with Gasteiger partial charge in [-0.25, -0.2) is 0 Å². The molecule has 5 N–H and O–H groups in total. The molecule has 0 amide bonds. The Morgan fingerprint density at radius 1 is 0.771 bits per heavy atom. The van der Waals surface area contributed by atoms with Crippen LogP contribution in [0.2, 0.25) is 0 Å². The van der Waals surface area contributed by atoms with Crippen LogP contribution in [0, 0.1) is 6.92 Å². The van der Waals surface area contributed by atoms with E-state index in [2.05, 4.69) is 97.9 Å². The fourth-order valence-electron chi connectivity index (χ4n) is 4.33. The van der Waals surface area contributed by atoms with E-state index < -0.39 is 0 Å². The summed E-state index contributed by atoms with van der Waals surface area (Å²) in [7, 11) is 0. The maximum atomic E-state index is 4.42. The van der Waals surface area contributed by atoms with Gasteiger partial charge >= 0.3 is 0 Å². The number of hydrogen-bond acceptors (Lipinski definition) is 6. The molecule has 7 heteroatoms. The largest absolute Gasteiger partial charge is 0.365 e. The molecule has 1 fully saturated rings. The zero-order valence-electron chi connectivity index (χ0n) is 21.1. The second-order valence-corrected chi connectivity index (χ2v) is 9.44. The minimum absolute atomic E-state index is 0.757. The number of nitrogens with zero attached hydrogens (tertiary/aromatic N) is 2. The van der Waals surface area contributed by atoms with Gasteiger partial charge in [-0.05, 0) is 62.6 Å². The summed E-state index contributed by atoms with van der Waals surface area (Å²) in [6, 6.07) is 19.5. The van der Waals surface area contributed by atoms with Gasteiger partial charge in [-0.3, -0.25) is 10.00 Å². The lowest BCUT2D eigenvalue weighted by Gasteiger charge is -2.23. The minimum Gasteiger partial charge on any atom is -0.365 e. The lowest BCUT2D eigenvalue weighted by Crippen LogP contribution is -2.36. The topological polar surface area (TPSA) is 80.0 Å². The summed E-state index contributed by atoms with van der Waals surface area (Å²) >= 11 is 0. The van der Waals surface area contributed by atoms with Gasteiger partial charge in [0, 0.05) is 45.3 Å². The first-order chi connectivity index (χ1) is 17.3. The monoisotopic (exact) mass is 475 g/mol. The Morgan fingerprint density at radius 3 is 2.23 bits per heavy atom. The van der Waals surface area contributed by atoms with Crippen LogP contribution in [0.4, 0.5) is 5.82 Å². The van der Waals surface area contributed by atoms with E-state index >= 15 is 0 Å². The molecule has 1 aliphatic rings. The lowest BCUT2D eigenvalue weighted by molar-refractivity contribution is 0.260. The molecule has 0 unspecified atom stereocenters. The van der Waals surface area contributed by atoms with Crippen LogP contribution in [-0.2, 0) is 13.1 Å². The molecule has 1 aromatic heterocycles. The lowest BCUT2D eigenvalue weighted by atomic mass is 10.1. The molecular weight excluding hydrogens is 434 g/mol. The van der Waals surface area contributed by atoms with Crippen LogP contribution in [0.15, 0.2) is 54.6 Å². The van der Waals surface area contributed by atoms with Crippen LogP contribution in [0.5, 0.6) is 0 Å². The highest BCUT2D eigenvalue weighted by Crippen LogP contribution is 2.20. The number of aryl methyl sites for hydroxylation is 1. The second-order valence-electron chi connectivity index (χ2n) is 9.44. The van der Waals surface area contributed by atoms with Crippen molar-refractivity contribution in [2.45, 2.75) is 32.9 Å². The molecule has 0 atom stereocenters. The van der Waals surface area contributed by atoms with Crippen molar-refractivity contribution < 1.29 is 0 Å². The van der Waals surface area contributed by atoms with Crippen molar-refractivity contribution in [3.63, 3.8) is 0 Å². The van der Waals surface area contributed by atoms with Crippen molar-refractivity contribution in [2.75, 3.05) is 57.7 Å². The van der Waals surface area contributed by atoms with Crippen LogP contribution in [0.25, 0.3) is 11.3 Å². The number of anilines is 1. The fourth-order valence-corrected chi connectivity index (χ4v) is 4.33. The van der Waals surface area contributed by atoms with E-state index in [1.54, 1.807) is 0 Å². The number of benzene rings is 2. The third-order valence-electron chi connectivity index (χ3n) is 6.46. The maximum Gasteiger partial charge on any atom is 0.148 e. The fraction of sp³-hybridized carbons (Fsp3) is 0.464. The first-order valence-electron chi connectivity index (χ1n) is 13.0. The van der Waals surface area contributed by atoms with Crippen molar-refractivity contribution in [1.82, 2.24) is 31.0 Å². The number of rotatable bonds is 6. The van der Waals surface area contributed by atoms with Crippen LogP contribution < -0.4 is 21.3 Å². The molecule has 0 saturated carbocycles. The van der Waals surface area contributed by atoms with Gasteiger partial charge in [-0.15, -0.1) is 0 Å². The predicted octanol–water partition coefficient (Wildman–Crippen LogP) is 3.36. The molecule has 188 valence electrons. The van der Waals surface area contributed by atoms with Crippen molar-refractivity contribution in [2.24, 2.45) is 0 Å². The molecule has 2 heterocycles. The molecule has 35 heavy (non-hydrogen) atoms. The maximum absolute atomic E-state index is 4.42. The Bertz CT molecular complexity index is 967. The summed E-state index contributed by atoms with van der Waals surface area (Å²) in [6.45, 7) is 12.5. The third-order valence-corrected chi connectivity index (χ3v) is 6.46. The molecule has 0 spiro atoms. The Labute approximate surface area is 210 Å². The van der Waals surface area contributed by atoms with Crippen LogP contribution in [0.1, 0.15) is 29.5 Å². The Kier molecular flexibility index (Phi) is 10.2. The molecule has 1 saturated heterocycles. The normalized spacial score (nSPS) is 17.1. The van der Waals surface area contributed by atoms with Crippen LogP contribution in [0.3, 0.4) is 0 Å². The van der Waals surface area contributed by atoms with Gasteiger partial charge in [0.1, 0.15) is 5.82 Å². The van der Waals surface area contributed by atoms with E-state index in [4.69, 9.17) is 0 Å². The molecule has 0 aliphatic carbocycles. The Morgan fingerprint density at radius 2 is 1.46 bits per heavy atom. The SMILES string of the molecule is Cc1ccc(-c2cc(NCc3ccc(CN4CCCNCCNCCCNCC4)cc3)n[nH]2)cc1. The van der Waals surface area contributed by atoms with Crippen LogP contribution >= 0.6 is 0 Å². The number of hydrogen-bond donors (Lipinski definition) is 5. The van der Waals surface area contributed by atoms with Gasteiger partial charge in [-0.2, -0.15) is 5.10 Å². The molecule has 0 bridgehead atoms. The summed E-state index contributed by atoms with van der Waals surface area (Å²) < 4.78 is 0. The highest BCUT2D eigenvalue weighted by Gasteiger charge is 2.08. The quantitative estimate of drug-likeness (QED) is 0.376. The zero-order valence-corrected chi connectivity index (χ0v) is 21.1. The van der Waals surface area contributed by atoms with E-state index in [1.807, 2.05) is 0 Å². The smallest absolute Gasteiger partial charge is 0.148 e. The number of H-pyrrole nitrogens is 1. The van der Waals surface area contributed by atoms with Gasteiger partial charge < -0.3 is 21.3 Å². The summed E-state index contributed by atoms with van der Waals surface area (Å²) in [5, 5.41) is 21.6. The van der Waals surface area contributed by atoms with Gasteiger partial charge in [0.15, 0.2) is 0 Å². The van der Waals surface area contributed by atoms with E-state index in [1.165, 1.54) is 29.5 Å². The molecule has 1 aliphatic heterocycles. The highest BCUT2D eigenvalue weighted by atomic mass is 15.2. The molecule has 2 aromatic carbocycles. The molecular formula is C28H41N7. The first-order valence-corrected chi connectivity index (χ1v) is 13.0. The van der Waals surface area contributed by atoms with Crippen molar-refractivity contribution >= 4 is 5.82 Å². The average molecular weight is 476 g/mol. The van der Waals surface area contributed by atoms with E-state index in [-0.39, 0.29) is 0 Å². The third kappa shape index (κ3) is 8.78. The van der Waals surface area contributed by atoms with Crippen molar-refractivity contribution in [3.05, 3.63) is 71.3 Å². The van der Waals surface area contributed by atoms with E-state index in [0.717, 1.165) is 82.5 Å². The molecule has 0 radical (unpaired) electrons. The van der Waals surface area contributed by atoms with Crippen molar-refractivity contribution in [1.29, 1.82) is 0 Å². The van der Waals surface area contributed by atoms with Gasteiger partial charge in [0.2, 0.25) is 0 Å². The predicted molar refractivity (Wildman–Crippen MR) is 146 cm³/mol. The first kappa shape index (κ1) is 25.4.